The molecule has 2 fully saturated rings. The van der Waals surface area contributed by atoms with E-state index >= 15 is 0 Å². The Balaban J connectivity index is 1.34. The number of phenolic OH excluding ortho intramolecular Hbond substituents is 1. The zero-order chi connectivity index (χ0) is 24.9. The largest absolute Gasteiger partial charge is 0.508 e. The normalized spacial score (nSPS) is 15.7. The molecule has 1 amide bonds. The van der Waals surface area contributed by atoms with Crippen LogP contribution in [0.4, 0.5) is 10.5 Å². The molecule has 36 heavy (non-hydrogen) atoms. The Morgan fingerprint density at radius 3 is 2.42 bits per heavy atom. The van der Waals surface area contributed by atoms with E-state index in [9.17, 15) is 9.90 Å². The molecule has 3 aromatic carbocycles. The lowest BCUT2D eigenvalue weighted by Gasteiger charge is -2.25. The Bertz CT molecular complexity index is 1200. The van der Waals surface area contributed by atoms with Crippen molar-refractivity contribution in [1.82, 2.24) is 4.90 Å². The highest BCUT2D eigenvalue weighted by molar-refractivity contribution is 5.73. The van der Waals surface area contributed by atoms with Gasteiger partial charge in [0.25, 0.3) is 0 Å². The third kappa shape index (κ3) is 5.41. The Morgan fingerprint density at radius 2 is 1.69 bits per heavy atom. The molecule has 0 unspecified atom stereocenters. The minimum absolute atomic E-state index is 0.207. The summed E-state index contributed by atoms with van der Waals surface area (Å²) in [4.78, 5) is 16.4. The summed E-state index contributed by atoms with van der Waals surface area (Å²) < 4.78 is 16.6. The van der Waals surface area contributed by atoms with E-state index in [0.717, 1.165) is 46.8 Å². The molecule has 0 radical (unpaired) electrons. The average Bonchev–Trinajstić information content (AvgIpc) is 3.45. The number of rotatable bonds is 6. The Labute approximate surface area is 211 Å². The molecule has 0 saturated carbocycles. The molecule has 2 aliphatic rings. The molecule has 0 aliphatic carbocycles. The maximum atomic E-state index is 12.4. The Kier molecular flexibility index (Phi) is 7.28. The first kappa shape index (κ1) is 24.0. The Morgan fingerprint density at radius 1 is 0.944 bits per heavy atom. The quantitative estimate of drug-likeness (QED) is 0.521. The van der Waals surface area contributed by atoms with Gasteiger partial charge in [0.1, 0.15) is 17.2 Å². The van der Waals surface area contributed by atoms with Crippen LogP contribution in [0.5, 0.6) is 17.2 Å². The molecular weight excluding hydrogens is 456 g/mol. The second kappa shape index (κ2) is 10.9. The van der Waals surface area contributed by atoms with Gasteiger partial charge in [0.2, 0.25) is 0 Å². The Hall–Kier alpha value is -3.71. The van der Waals surface area contributed by atoms with E-state index in [2.05, 4.69) is 23.1 Å². The molecule has 0 aromatic heterocycles. The summed E-state index contributed by atoms with van der Waals surface area (Å²) in [6.07, 6.45) is 2.76. The number of nitrogens with zero attached hydrogens (tertiary/aromatic N) is 2. The standard InChI is InChI=1S/C29H32N2O5/c1-34-28-19-21(4-11-27(28)30-12-2-3-13-30)18-23-5-8-24(32)20-26(23)22-6-9-25(10-7-22)36-29(33)31-14-16-35-17-15-31/h4-11,19-20,32H,2-3,12-18H2,1H3. The maximum absolute atomic E-state index is 12.4. The van der Waals surface area contributed by atoms with Crippen molar-refractivity contribution in [3.05, 3.63) is 71.8 Å². The highest BCUT2D eigenvalue weighted by Gasteiger charge is 2.19. The van der Waals surface area contributed by atoms with Gasteiger partial charge in [-0.05, 0) is 77.9 Å². The van der Waals surface area contributed by atoms with E-state index in [0.29, 0.717) is 38.5 Å². The van der Waals surface area contributed by atoms with Gasteiger partial charge in [-0.2, -0.15) is 0 Å². The third-order valence-electron chi connectivity index (χ3n) is 6.82. The van der Waals surface area contributed by atoms with Crippen LogP contribution in [0.15, 0.2) is 60.7 Å². The molecule has 0 bridgehead atoms. The SMILES string of the molecule is COc1cc(Cc2ccc(O)cc2-c2ccc(OC(=O)N3CCOCC3)cc2)ccc1N1CCCC1. The van der Waals surface area contributed by atoms with Crippen LogP contribution in [0.2, 0.25) is 0 Å². The molecule has 7 nitrogen and oxygen atoms in total. The van der Waals surface area contributed by atoms with Gasteiger partial charge in [-0.25, -0.2) is 4.79 Å². The van der Waals surface area contributed by atoms with Crippen LogP contribution in [-0.2, 0) is 11.2 Å². The van der Waals surface area contributed by atoms with Crippen molar-refractivity contribution in [3.8, 4) is 28.4 Å². The fourth-order valence-corrected chi connectivity index (χ4v) is 4.87. The monoisotopic (exact) mass is 488 g/mol. The van der Waals surface area contributed by atoms with Gasteiger partial charge >= 0.3 is 6.09 Å². The van der Waals surface area contributed by atoms with Gasteiger partial charge in [0.05, 0.1) is 26.0 Å². The van der Waals surface area contributed by atoms with Crippen molar-refractivity contribution in [1.29, 1.82) is 0 Å². The summed E-state index contributed by atoms with van der Waals surface area (Å²) in [6.45, 7) is 4.26. The topological polar surface area (TPSA) is 71.5 Å². The first-order valence-corrected chi connectivity index (χ1v) is 12.5. The van der Waals surface area contributed by atoms with Crippen molar-refractivity contribution >= 4 is 11.8 Å². The van der Waals surface area contributed by atoms with E-state index in [1.807, 2.05) is 18.2 Å². The minimum Gasteiger partial charge on any atom is -0.508 e. The van der Waals surface area contributed by atoms with Crippen LogP contribution in [0.3, 0.4) is 0 Å². The summed E-state index contributed by atoms with van der Waals surface area (Å²) in [7, 11) is 1.72. The van der Waals surface area contributed by atoms with Crippen molar-refractivity contribution in [2.45, 2.75) is 19.3 Å². The molecule has 1 N–H and O–H groups in total. The number of morpholine rings is 1. The molecule has 2 saturated heterocycles. The summed E-state index contributed by atoms with van der Waals surface area (Å²) in [6, 6.07) is 19.3. The number of benzene rings is 3. The van der Waals surface area contributed by atoms with Crippen LogP contribution in [0, 0.1) is 0 Å². The molecule has 2 heterocycles. The van der Waals surface area contributed by atoms with Gasteiger partial charge in [-0.3, -0.25) is 0 Å². The number of amides is 1. The summed E-state index contributed by atoms with van der Waals surface area (Å²) >= 11 is 0. The third-order valence-corrected chi connectivity index (χ3v) is 6.82. The second-order valence-corrected chi connectivity index (χ2v) is 9.21. The van der Waals surface area contributed by atoms with Crippen molar-refractivity contribution < 1.29 is 24.1 Å². The summed E-state index contributed by atoms with van der Waals surface area (Å²) in [5.41, 5.74) is 5.24. The first-order valence-electron chi connectivity index (χ1n) is 12.5. The van der Waals surface area contributed by atoms with Gasteiger partial charge in [0.15, 0.2) is 0 Å². The number of carbonyl (C=O) groups excluding carboxylic acids is 1. The molecule has 3 aromatic rings. The minimum atomic E-state index is -0.365. The number of phenols is 1. The van der Waals surface area contributed by atoms with Gasteiger partial charge in [0, 0.05) is 26.2 Å². The lowest BCUT2D eigenvalue weighted by atomic mass is 9.94. The molecule has 188 valence electrons. The number of aromatic hydroxyl groups is 1. The van der Waals surface area contributed by atoms with E-state index in [1.54, 1.807) is 36.3 Å². The summed E-state index contributed by atoms with van der Waals surface area (Å²) in [5, 5.41) is 10.2. The van der Waals surface area contributed by atoms with Crippen LogP contribution >= 0.6 is 0 Å². The highest BCUT2D eigenvalue weighted by Crippen LogP contribution is 2.35. The number of ether oxygens (including phenoxy) is 3. The molecule has 0 spiro atoms. The zero-order valence-electron chi connectivity index (χ0n) is 20.6. The van der Waals surface area contributed by atoms with Crippen LogP contribution in [0.25, 0.3) is 11.1 Å². The molecular formula is C29H32N2O5. The van der Waals surface area contributed by atoms with Crippen molar-refractivity contribution in [2.75, 3.05) is 51.4 Å². The van der Waals surface area contributed by atoms with E-state index in [1.165, 1.54) is 12.8 Å². The van der Waals surface area contributed by atoms with Gasteiger partial charge in [-0.15, -0.1) is 0 Å². The summed E-state index contributed by atoms with van der Waals surface area (Å²) in [5.74, 6) is 1.58. The number of carbonyl (C=O) groups is 1. The molecule has 7 heteroatoms. The van der Waals surface area contributed by atoms with Crippen LogP contribution in [0.1, 0.15) is 24.0 Å². The number of hydrogen-bond acceptors (Lipinski definition) is 6. The number of methoxy groups -OCH3 is 1. The zero-order valence-corrected chi connectivity index (χ0v) is 20.6. The smallest absolute Gasteiger partial charge is 0.415 e. The molecule has 5 rings (SSSR count). The van der Waals surface area contributed by atoms with E-state index in [-0.39, 0.29) is 11.8 Å². The highest BCUT2D eigenvalue weighted by atomic mass is 16.6. The van der Waals surface area contributed by atoms with Crippen molar-refractivity contribution in [2.24, 2.45) is 0 Å². The van der Waals surface area contributed by atoms with E-state index < -0.39 is 0 Å². The van der Waals surface area contributed by atoms with E-state index in [4.69, 9.17) is 14.2 Å². The number of hydrogen-bond donors (Lipinski definition) is 1. The predicted molar refractivity (Wildman–Crippen MR) is 139 cm³/mol. The van der Waals surface area contributed by atoms with Gasteiger partial charge in [-0.1, -0.05) is 24.3 Å². The van der Waals surface area contributed by atoms with Crippen molar-refractivity contribution in [3.63, 3.8) is 0 Å². The lowest BCUT2D eigenvalue weighted by molar-refractivity contribution is 0.0416. The van der Waals surface area contributed by atoms with Crippen LogP contribution < -0.4 is 14.4 Å². The van der Waals surface area contributed by atoms with Gasteiger partial charge < -0.3 is 29.1 Å². The lowest BCUT2D eigenvalue weighted by Crippen LogP contribution is -2.42. The number of anilines is 1. The fourth-order valence-electron chi connectivity index (χ4n) is 4.87. The maximum Gasteiger partial charge on any atom is 0.415 e. The average molecular weight is 489 g/mol. The molecule has 0 atom stereocenters. The van der Waals surface area contributed by atoms with Crippen LogP contribution in [-0.4, -0.2) is 62.6 Å². The fraction of sp³-hybridized carbons (Fsp3) is 0.345. The first-order chi connectivity index (χ1) is 17.6. The molecule has 2 aliphatic heterocycles. The second-order valence-electron chi connectivity index (χ2n) is 9.21. The predicted octanol–water partition coefficient (Wildman–Crippen LogP) is 5.09.